The number of aliphatic hydroxyl groups is 1. The van der Waals surface area contributed by atoms with E-state index in [-0.39, 0.29) is 6.10 Å². The van der Waals surface area contributed by atoms with Gasteiger partial charge in [0.2, 0.25) is 0 Å². The smallest absolute Gasteiger partial charge is 0.0864 e. The van der Waals surface area contributed by atoms with Crippen molar-refractivity contribution in [2.24, 2.45) is 0 Å². The van der Waals surface area contributed by atoms with Crippen molar-refractivity contribution >= 4 is 0 Å². The highest BCUT2D eigenvalue weighted by Crippen LogP contribution is 2.05. The third-order valence-corrected chi connectivity index (χ3v) is 0.775. The van der Waals surface area contributed by atoms with E-state index in [1.165, 1.54) is 0 Å². The summed E-state index contributed by atoms with van der Waals surface area (Å²) in [7, 11) is 0. The maximum absolute atomic E-state index is 8.57. The van der Waals surface area contributed by atoms with Crippen LogP contribution in [0, 0.1) is 6.61 Å². The summed E-state index contributed by atoms with van der Waals surface area (Å²) in [6.07, 6.45) is 0.463. The van der Waals surface area contributed by atoms with Gasteiger partial charge in [0.1, 0.15) is 0 Å². The monoisotopic (exact) mass is 87.0 g/mol. The van der Waals surface area contributed by atoms with Crippen LogP contribution in [0.15, 0.2) is 0 Å². The van der Waals surface area contributed by atoms with E-state index in [1.807, 2.05) is 0 Å². The average molecular weight is 87.1 g/mol. The Morgan fingerprint density at radius 2 is 2.67 bits per heavy atom. The molecule has 0 aromatic rings. The van der Waals surface area contributed by atoms with Crippen LogP contribution in [-0.4, -0.2) is 17.8 Å². The number of hydrogen-bond donors (Lipinski definition) is 1. The Kier molecular flexibility index (Phi) is 1.08. The van der Waals surface area contributed by atoms with Crippen molar-refractivity contribution in [2.75, 3.05) is 6.61 Å². The quantitative estimate of drug-likeness (QED) is 0.448. The predicted molar refractivity (Wildman–Crippen MR) is 20.9 cm³/mol. The van der Waals surface area contributed by atoms with E-state index in [2.05, 4.69) is 4.74 Å². The molecule has 1 heterocycles. The minimum atomic E-state index is -0.231. The van der Waals surface area contributed by atoms with E-state index < -0.39 is 0 Å². The summed E-state index contributed by atoms with van der Waals surface area (Å²) in [6, 6.07) is 0. The van der Waals surface area contributed by atoms with Crippen molar-refractivity contribution in [2.45, 2.75) is 12.5 Å². The van der Waals surface area contributed by atoms with Crippen molar-refractivity contribution in [1.82, 2.24) is 0 Å². The number of ether oxygens (including phenoxy) is 1. The number of aliphatic hydroxyl groups excluding tert-OH is 1. The van der Waals surface area contributed by atoms with Gasteiger partial charge in [-0.1, -0.05) is 0 Å². The first-order valence-corrected chi connectivity index (χ1v) is 2.01. The molecule has 1 saturated heterocycles. The molecule has 0 saturated carbocycles. The van der Waals surface area contributed by atoms with Crippen LogP contribution in [0.2, 0.25) is 0 Å². The van der Waals surface area contributed by atoms with Crippen LogP contribution in [0.4, 0.5) is 0 Å². The summed E-state index contributed by atoms with van der Waals surface area (Å²) >= 11 is 0. The summed E-state index contributed by atoms with van der Waals surface area (Å²) in [5.74, 6) is 0. The van der Waals surface area contributed by atoms with E-state index in [9.17, 15) is 0 Å². The van der Waals surface area contributed by atoms with Gasteiger partial charge in [0.05, 0.1) is 19.3 Å². The highest BCUT2D eigenvalue weighted by atomic mass is 16.5. The summed E-state index contributed by atoms with van der Waals surface area (Å²) < 4.78 is 4.68. The topological polar surface area (TPSA) is 29.5 Å². The summed E-state index contributed by atoms with van der Waals surface area (Å²) in [5.41, 5.74) is 0. The molecule has 1 fully saturated rings. The van der Waals surface area contributed by atoms with Crippen LogP contribution < -0.4 is 0 Å². The zero-order chi connectivity index (χ0) is 4.41. The molecule has 6 heavy (non-hydrogen) atoms. The summed E-state index contributed by atoms with van der Waals surface area (Å²) in [4.78, 5) is 0. The van der Waals surface area contributed by atoms with Crippen molar-refractivity contribution < 1.29 is 9.84 Å². The molecule has 0 amide bonds. The molecule has 1 unspecified atom stereocenters. The van der Waals surface area contributed by atoms with Crippen LogP contribution in [0.1, 0.15) is 6.42 Å². The minimum Gasteiger partial charge on any atom is -0.391 e. The second kappa shape index (κ2) is 1.58. The Morgan fingerprint density at radius 3 is 2.83 bits per heavy atom. The van der Waals surface area contributed by atoms with Crippen LogP contribution in [0.25, 0.3) is 0 Å². The largest absolute Gasteiger partial charge is 0.391 e. The normalized spacial score (nSPS) is 34.5. The van der Waals surface area contributed by atoms with Gasteiger partial charge in [-0.05, 0) is 0 Å². The molecule has 0 aromatic heterocycles. The molecule has 0 spiro atoms. The lowest BCUT2D eigenvalue weighted by Gasteiger charge is -1.89. The van der Waals surface area contributed by atoms with Crippen LogP contribution in [-0.2, 0) is 4.74 Å². The molecule has 1 atom stereocenters. The Hall–Kier alpha value is -0.0800. The lowest BCUT2D eigenvalue weighted by molar-refractivity contribution is 0.138. The van der Waals surface area contributed by atoms with E-state index in [4.69, 9.17) is 5.11 Å². The SMILES string of the molecule is OC1C[CH]OC1. The van der Waals surface area contributed by atoms with Crippen LogP contribution in [0.3, 0.4) is 0 Å². The van der Waals surface area contributed by atoms with Gasteiger partial charge in [-0.15, -0.1) is 0 Å². The van der Waals surface area contributed by atoms with Crippen molar-refractivity contribution in [3.63, 3.8) is 0 Å². The van der Waals surface area contributed by atoms with E-state index in [1.54, 1.807) is 6.61 Å². The molecular weight excluding hydrogens is 80.0 g/mol. The third-order valence-electron chi connectivity index (χ3n) is 0.775. The van der Waals surface area contributed by atoms with Gasteiger partial charge >= 0.3 is 0 Å². The molecular formula is C4H7O2. The molecule has 35 valence electrons. The Labute approximate surface area is 36.7 Å². The molecule has 1 radical (unpaired) electrons. The van der Waals surface area contributed by atoms with Gasteiger partial charge in [0, 0.05) is 6.42 Å². The molecule has 1 aliphatic rings. The standard InChI is InChI=1S/C4H7O2/c5-4-1-2-6-3-4/h2,4-5H,1,3H2. The van der Waals surface area contributed by atoms with E-state index in [0.717, 1.165) is 0 Å². The number of hydrogen-bond acceptors (Lipinski definition) is 2. The average Bonchev–Trinajstić information content (AvgIpc) is 1.86. The van der Waals surface area contributed by atoms with Gasteiger partial charge < -0.3 is 9.84 Å². The highest BCUT2D eigenvalue weighted by Gasteiger charge is 2.10. The van der Waals surface area contributed by atoms with E-state index >= 15 is 0 Å². The molecule has 0 aromatic carbocycles. The van der Waals surface area contributed by atoms with Crippen molar-refractivity contribution in [3.8, 4) is 0 Å². The number of rotatable bonds is 0. The molecule has 1 aliphatic heterocycles. The fourth-order valence-electron chi connectivity index (χ4n) is 0.426. The van der Waals surface area contributed by atoms with Crippen molar-refractivity contribution in [3.05, 3.63) is 6.61 Å². The zero-order valence-corrected chi connectivity index (χ0v) is 3.42. The Bertz CT molecular complexity index is 38.8. The first kappa shape index (κ1) is 4.09. The first-order valence-electron chi connectivity index (χ1n) is 2.01. The Morgan fingerprint density at radius 1 is 1.83 bits per heavy atom. The fourth-order valence-corrected chi connectivity index (χ4v) is 0.426. The van der Waals surface area contributed by atoms with Gasteiger partial charge in [0.15, 0.2) is 0 Å². The van der Waals surface area contributed by atoms with Gasteiger partial charge in [0.25, 0.3) is 0 Å². The molecule has 2 nitrogen and oxygen atoms in total. The lowest BCUT2D eigenvalue weighted by atomic mass is 10.3. The van der Waals surface area contributed by atoms with Crippen molar-refractivity contribution in [1.29, 1.82) is 0 Å². The van der Waals surface area contributed by atoms with Gasteiger partial charge in [-0.3, -0.25) is 0 Å². The maximum atomic E-state index is 8.57. The molecule has 1 rings (SSSR count). The second-order valence-corrected chi connectivity index (χ2v) is 1.39. The summed E-state index contributed by atoms with van der Waals surface area (Å²) in [5, 5.41) is 8.57. The third kappa shape index (κ3) is 0.698. The lowest BCUT2D eigenvalue weighted by Crippen LogP contribution is -2.02. The van der Waals surface area contributed by atoms with E-state index in [0.29, 0.717) is 13.0 Å². The maximum Gasteiger partial charge on any atom is 0.0864 e. The molecule has 0 aliphatic carbocycles. The second-order valence-electron chi connectivity index (χ2n) is 1.39. The van der Waals surface area contributed by atoms with Crippen LogP contribution >= 0.6 is 0 Å². The minimum absolute atomic E-state index is 0.231. The van der Waals surface area contributed by atoms with Gasteiger partial charge in [-0.2, -0.15) is 0 Å². The predicted octanol–water partition coefficient (Wildman–Crippen LogP) is -0.0706. The summed E-state index contributed by atoms with van der Waals surface area (Å²) in [6.45, 7) is 2.12. The molecule has 0 bridgehead atoms. The molecule has 2 heteroatoms. The Balaban J connectivity index is 2.18. The fraction of sp³-hybridized carbons (Fsp3) is 0.750. The first-order chi connectivity index (χ1) is 2.89. The van der Waals surface area contributed by atoms with Crippen LogP contribution in [0.5, 0.6) is 0 Å². The zero-order valence-electron chi connectivity index (χ0n) is 3.42. The highest BCUT2D eigenvalue weighted by molar-refractivity contribution is 4.68. The molecule has 1 N–H and O–H groups in total. The van der Waals surface area contributed by atoms with Gasteiger partial charge in [-0.25, -0.2) is 0 Å².